The third kappa shape index (κ3) is 5.90. The highest BCUT2D eigenvalue weighted by Crippen LogP contribution is 2.60. The smallest absolute Gasteiger partial charge is 0.323 e. The minimum atomic E-state index is -0.785. The van der Waals surface area contributed by atoms with Crippen molar-refractivity contribution in [3.05, 3.63) is 0 Å². The zero-order chi connectivity index (χ0) is 30.3. The average Bonchev–Trinajstić information content (AvgIpc) is 3.45. The maximum absolute atomic E-state index is 10.00. The topological polar surface area (TPSA) is 138 Å². The largest absolute Gasteiger partial charge is 0.460 e. The molecule has 5 saturated carbocycles. The zero-order valence-corrected chi connectivity index (χ0v) is 26.5. The number of aliphatic hydroxyl groups is 1. The van der Waals surface area contributed by atoms with Crippen LogP contribution in [0.25, 0.3) is 0 Å². The molecule has 44 heavy (non-hydrogen) atoms. The Bertz CT molecular complexity index is 1190. The molecule has 4 bridgehead atoms. The Hall–Kier alpha value is -1.83. The molecule has 12 heteroatoms. The van der Waals surface area contributed by atoms with Crippen LogP contribution in [0.1, 0.15) is 91.9 Å². The Morgan fingerprint density at radius 1 is 0.773 bits per heavy atom. The molecule has 3 N–H and O–H groups in total. The van der Waals surface area contributed by atoms with Gasteiger partial charge >= 0.3 is 6.01 Å². The molecule has 0 spiro atoms. The summed E-state index contributed by atoms with van der Waals surface area (Å²) in [7, 11) is 0. The Kier molecular flexibility index (Phi) is 7.30. The zero-order valence-electron chi connectivity index (χ0n) is 26.5. The van der Waals surface area contributed by atoms with Gasteiger partial charge in [0.05, 0.1) is 6.10 Å². The first-order chi connectivity index (χ1) is 21.0. The monoisotopic (exact) mass is 615 g/mol. The van der Waals surface area contributed by atoms with E-state index < -0.39 is 36.2 Å². The summed E-state index contributed by atoms with van der Waals surface area (Å²) in [5, 5.41) is 17.1. The Balaban J connectivity index is 0.993. The molecule has 5 aliphatic carbocycles. The number of anilines is 2. The molecule has 4 heterocycles. The molecule has 1 aromatic rings. The van der Waals surface area contributed by atoms with E-state index in [0.717, 1.165) is 50.0 Å². The number of nitrogens with zero attached hydrogens (tertiary/aromatic N) is 3. The molecule has 12 nitrogen and oxygen atoms in total. The summed E-state index contributed by atoms with van der Waals surface area (Å²) >= 11 is 0. The Morgan fingerprint density at radius 3 is 2.09 bits per heavy atom. The van der Waals surface area contributed by atoms with Gasteiger partial charge in [-0.3, -0.25) is 0 Å². The molecule has 244 valence electrons. The van der Waals surface area contributed by atoms with Crippen LogP contribution in [-0.4, -0.2) is 87.6 Å². The SMILES string of the molecule is CC1(C)O[C@H]2[C@@H](O1)[C@@H](COc1nc(NCC34CC5CC(CC(C5)C3)C4)nc(NC3CCC(O)CC3)n1)O[C@@H]1OC(C)(C)O[C@@H]12. The summed E-state index contributed by atoms with van der Waals surface area (Å²) in [6.07, 6.45) is 9.01. The maximum atomic E-state index is 10.00. The van der Waals surface area contributed by atoms with Gasteiger partial charge < -0.3 is 44.2 Å². The number of hydrogen-bond acceptors (Lipinski definition) is 12. The van der Waals surface area contributed by atoms with Crippen LogP contribution >= 0.6 is 0 Å². The second-order valence-electron chi connectivity index (χ2n) is 15.7. The van der Waals surface area contributed by atoms with Crippen molar-refractivity contribution < 1.29 is 33.5 Å². The second kappa shape index (κ2) is 10.9. The molecule has 0 amide bonds. The van der Waals surface area contributed by atoms with Gasteiger partial charge in [-0.15, -0.1) is 0 Å². The van der Waals surface area contributed by atoms with E-state index in [4.69, 9.17) is 38.4 Å². The van der Waals surface area contributed by atoms with E-state index in [0.29, 0.717) is 17.3 Å². The van der Waals surface area contributed by atoms with Gasteiger partial charge in [-0.1, -0.05) is 0 Å². The van der Waals surface area contributed by atoms with Crippen LogP contribution in [0, 0.1) is 23.2 Å². The number of aromatic nitrogens is 3. The van der Waals surface area contributed by atoms with Crippen LogP contribution in [0.5, 0.6) is 6.01 Å². The van der Waals surface area contributed by atoms with E-state index in [1.807, 2.05) is 27.7 Å². The van der Waals surface area contributed by atoms with Crippen LogP contribution in [0.4, 0.5) is 11.9 Å². The number of nitrogens with one attached hydrogen (secondary N) is 2. The first-order valence-corrected chi connectivity index (χ1v) is 16.9. The van der Waals surface area contributed by atoms with Gasteiger partial charge in [-0.2, -0.15) is 15.0 Å². The number of aliphatic hydroxyl groups excluding tert-OH is 1. The first-order valence-electron chi connectivity index (χ1n) is 16.9. The normalized spacial score (nSPS) is 44.7. The molecule has 8 fully saturated rings. The van der Waals surface area contributed by atoms with E-state index in [1.54, 1.807) is 0 Å². The maximum Gasteiger partial charge on any atom is 0.323 e. The molecular formula is C32H49N5O7. The van der Waals surface area contributed by atoms with Crippen LogP contribution in [0.2, 0.25) is 0 Å². The molecule has 0 aromatic carbocycles. The van der Waals surface area contributed by atoms with E-state index in [9.17, 15) is 5.11 Å². The van der Waals surface area contributed by atoms with Crippen molar-refractivity contribution in [3.8, 4) is 6.01 Å². The molecule has 3 aliphatic heterocycles. The summed E-state index contributed by atoms with van der Waals surface area (Å²) in [5.74, 6) is 2.09. The van der Waals surface area contributed by atoms with Crippen LogP contribution < -0.4 is 15.4 Å². The second-order valence-corrected chi connectivity index (χ2v) is 15.7. The molecule has 1 aromatic heterocycles. The lowest BCUT2D eigenvalue weighted by Gasteiger charge is -2.56. The quantitative estimate of drug-likeness (QED) is 0.390. The van der Waals surface area contributed by atoms with Crippen molar-refractivity contribution in [1.29, 1.82) is 0 Å². The lowest BCUT2D eigenvalue weighted by atomic mass is 9.49. The van der Waals surface area contributed by atoms with Gasteiger partial charge in [-0.05, 0) is 115 Å². The van der Waals surface area contributed by atoms with E-state index in [1.165, 1.54) is 38.5 Å². The average molecular weight is 616 g/mol. The number of ether oxygens (including phenoxy) is 6. The van der Waals surface area contributed by atoms with Gasteiger partial charge in [0.15, 0.2) is 17.9 Å². The highest BCUT2D eigenvalue weighted by atomic mass is 16.9. The van der Waals surface area contributed by atoms with Gasteiger partial charge in [0.1, 0.15) is 31.0 Å². The fraction of sp³-hybridized carbons (Fsp3) is 0.906. The highest BCUT2D eigenvalue weighted by Gasteiger charge is 2.61. The van der Waals surface area contributed by atoms with Crippen LogP contribution in [-0.2, 0) is 23.7 Å². The summed E-state index contributed by atoms with van der Waals surface area (Å²) in [5.41, 5.74) is 0.334. The fourth-order valence-electron chi connectivity index (χ4n) is 9.72. The van der Waals surface area contributed by atoms with Crippen LogP contribution in [0.15, 0.2) is 0 Å². The standard InChI is InChI=1S/C32H49N5O7/c1-30(2)41-23-22(40-26-25(24(23)42-30)43-31(3,4)44-26)15-39-29-36-27(35-28(37-29)34-20-5-7-21(38)8-6-20)33-16-32-12-17-9-18(13-32)11-19(10-17)14-32/h17-26,38H,5-16H2,1-4H3,(H2,33,34,35,36,37)/t17?,18?,19?,20?,21?,22-,23+,24+,25-,26-,32?/m1/s1. The third-order valence-corrected chi connectivity index (χ3v) is 11.1. The van der Waals surface area contributed by atoms with E-state index in [-0.39, 0.29) is 30.9 Å². The molecule has 9 rings (SSSR count). The van der Waals surface area contributed by atoms with Crippen molar-refractivity contribution in [2.75, 3.05) is 23.8 Å². The Labute approximate surface area is 259 Å². The predicted molar refractivity (Wildman–Crippen MR) is 159 cm³/mol. The molecule has 8 aliphatic rings. The summed E-state index contributed by atoms with van der Waals surface area (Å²) in [4.78, 5) is 14.2. The lowest BCUT2D eigenvalue weighted by Crippen LogP contribution is -2.56. The predicted octanol–water partition coefficient (Wildman–Crippen LogP) is 3.99. The highest BCUT2D eigenvalue weighted by molar-refractivity contribution is 5.37. The van der Waals surface area contributed by atoms with Crippen LogP contribution in [0.3, 0.4) is 0 Å². The molecule has 3 saturated heterocycles. The van der Waals surface area contributed by atoms with Crippen molar-refractivity contribution in [2.45, 2.75) is 146 Å². The molecule has 5 atom stereocenters. The molecular weight excluding hydrogens is 566 g/mol. The summed E-state index contributed by atoms with van der Waals surface area (Å²) in [6, 6.07) is 0.425. The number of rotatable bonds is 8. The molecule has 0 radical (unpaired) electrons. The van der Waals surface area contributed by atoms with Gasteiger partial charge in [0, 0.05) is 12.6 Å². The van der Waals surface area contributed by atoms with E-state index in [2.05, 4.69) is 15.6 Å². The lowest BCUT2D eigenvalue weighted by molar-refractivity contribution is -0.238. The third-order valence-electron chi connectivity index (χ3n) is 11.1. The summed E-state index contributed by atoms with van der Waals surface area (Å²) < 4.78 is 37.4. The van der Waals surface area contributed by atoms with E-state index >= 15 is 0 Å². The van der Waals surface area contributed by atoms with Crippen molar-refractivity contribution in [2.24, 2.45) is 23.2 Å². The van der Waals surface area contributed by atoms with Crippen molar-refractivity contribution in [1.82, 2.24) is 15.0 Å². The number of fused-ring (bicyclic) bond motifs is 3. The van der Waals surface area contributed by atoms with Crippen molar-refractivity contribution in [3.63, 3.8) is 0 Å². The van der Waals surface area contributed by atoms with Gasteiger partial charge in [-0.25, -0.2) is 0 Å². The minimum Gasteiger partial charge on any atom is -0.460 e. The summed E-state index contributed by atoms with van der Waals surface area (Å²) in [6.45, 7) is 8.58. The first kappa shape index (κ1) is 29.6. The number of hydrogen-bond donors (Lipinski definition) is 3. The Morgan fingerprint density at radius 2 is 1.39 bits per heavy atom. The van der Waals surface area contributed by atoms with Gasteiger partial charge in [0.2, 0.25) is 11.9 Å². The van der Waals surface area contributed by atoms with Crippen molar-refractivity contribution >= 4 is 11.9 Å². The molecule has 0 unspecified atom stereocenters. The van der Waals surface area contributed by atoms with Gasteiger partial charge in [0.25, 0.3) is 0 Å². The fourth-order valence-corrected chi connectivity index (χ4v) is 9.72. The minimum absolute atomic E-state index is 0.154.